The number of methoxy groups -OCH3 is 2. The Kier molecular flexibility index (Phi) is 8.79. The molecular formula is C27H31N7O3. The van der Waals surface area contributed by atoms with E-state index in [9.17, 15) is 0 Å². The molecule has 3 N–H and O–H groups in total. The van der Waals surface area contributed by atoms with Crippen LogP contribution in [0.3, 0.4) is 0 Å². The molecular weight excluding hydrogens is 470 g/mol. The van der Waals surface area contributed by atoms with Crippen molar-refractivity contribution in [2.24, 2.45) is 10.7 Å². The normalized spacial score (nSPS) is 12.1. The molecule has 4 rings (SSSR count). The zero-order valence-electron chi connectivity index (χ0n) is 21.2. The van der Waals surface area contributed by atoms with Crippen LogP contribution in [0.15, 0.2) is 72.4 Å². The van der Waals surface area contributed by atoms with E-state index in [1.807, 2.05) is 53.1 Å². The largest absolute Gasteiger partial charge is 0.485 e. The lowest BCUT2D eigenvalue weighted by Gasteiger charge is -2.17. The number of nitrogens with two attached hydrogens (primary N) is 1. The number of ether oxygens (including phenoxy) is 3. The van der Waals surface area contributed by atoms with Crippen molar-refractivity contribution < 1.29 is 14.2 Å². The molecule has 3 heterocycles. The van der Waals surface area contributed by atoms with Crippen molar-refractivity contribution in [2.75, 3.05) is 39.8 Å². The number of hydrogen-bond acceptors (Lipinski definition) is 9. The van der Waals surface area contributed by atoms with Crippen LogP contribution >= 0.6 is 0 Å². The Labute approximate surface area is 215 Å². The van der Waals surface area contributed by atoms with E-state index >= 15 is 0 Å². The summed E-state index contributed by atoms with van der Waals surface area (Å²) in [4.78, 5) is 17.4. The fraction of sp³-hybridized carbons (Fsp3) is 0.259. The van der Waals surface area contributed by atoms with Gasteiger partial charge in [-0.2, -0.15) is 0 Å². The molecule has 0 amide bonds. The first-order valence-electron chi connectivity index (χ1n) is 11.8. The van der Waals surface area contributed by atoms with E-state index in [0.29, 0.717) is 31.3 Å². The number of anilines is 1. The summed E-state index contributed by atoms with van der Waals surface area (Å²) in [7, 11) is 4.99. The number of allylic oxidation sites excluding steroid dienone is 1. The first-order valence-corrected chi connectivity index (χ1v) is 11.8. The fourth-order valence-corrected chi connectivity index (χ4v) is 3.86. The molecule has 0 aliphatic heterocycles. The van der Waals surface area contributed by atoms with Crippen molar-refractivity contribution in [2.45, 2.75) is 12.6 Å². The molecule has 0 radical (unpaired) electrons. The summed E-state index contributed by atoms with van der Waals surface area (Å²) in [5.41, 5.74) is 11.0. The summed E-state index contributed by atoms with van der Waals surface area (Å²) in [5.74, 6) is 1.41. The molecule has 0 fully saturated rings. The SMILES string of the molecule is CN=CC(=CN)c1ccc(CNc2cc(-c3cnc4cc(OC(COC)COC)ccn34)ncn2)cc1. The number of fused-ring (bicyclic) bond motifs is 1. The van der Waals surface area contributed by atoms with Gasteiger partial charge in [-0.3, -0.25) is 9.39 Å². The van der Waals surface area contributed by atoms with E-state index in [4.69, 9.17) is 19.9 Å². The summed E-state index contributed by atoms with van der Waals surface area (Å²) >= 11 is 0. The second-order valence-corrected chi connectivity index (χ2v) is 8.23. The van der Waals surface area contributed by atoms with Gasteiger partial charge < -0.3 is 25.3 Å². The summed E-state index contributed by atoms with van der Waals surface area (Å²) in [6, 6.07) is 13.8. The molecule has 1 aromatic carbocycles. The molecule has 10 nitrogen and oxygen atoms in total. The number of imidazole rings is 1. The van der Waals surface area contributed by atoms with Gasteiger partial charge in [0, 0.05) is 64.1 Å². The van der Waals surface area contributed by atoms with Crippen LogP contribution < -0.4 is 15.8 Å². The van der Waals surface area contributed by atoms with Gasteiger partial charge in [0.25, 0.3) is 0 Å². The van der Waals surface area contributed by atoms with E-state index < -0.39 is 0 Å². The monoisotopic (exact) mass is 501 g/mol. The van der Waals surface area contributed by atoms with E-state index in [1.165, 1.54) is 0 Å². The summed E-state index contributed by atoms with van der Waals surface area (Å²) < 4.78 is 18.4. The third-order valence-electron chi connectivity index (χ3n) is 5.63. The van der Waals surface area contributed by atoms with Crippen molar-refractivity contribution in [1.29, 1.82) is 0 Å². The molecule has 0 atom stereocenters. The lowest BCUT2D eigenvalue weighted by molar-refractivity contribution is 0.0245. The van der Waals surface area contributed by atoms with Crippen LogP contribution in [0.1, 0.15) is 11.1 Å². The maximum Gasteiger partial charge on any atom is 0.145 e. The van der Waals surface area contributed by atoms with Gasteiger partial charge in [-0.1, -0.05) is 24.3 Å². The molecule has 3 aromatic heterocycles. The molecule has 192 valence electrons. The Morgan fingerprint density at radius 3 is 2.57 bits per heavy atom. The Hall–Kier alpha value is -4.28. The number of nitrogens with zero attached hydrogens (tertiary/aromatic N) is 5. The lowest BCUT2D eigenvalue weighted by Crippen LogP contribution is -2.27. The molecule has 10 heteroatoms. The Balaban J connectivity index is 1.46. The van der Waals surface area contributed by atoms with Gasteiger partial charge in [-0.25, -0.2) is 15.0 Å². The summed E-state index contributed by atoms with van der Waals surface area (Å²) in [5, 5.41) is 3.36. The van der Waals surface area contributed by atoms with Crippen molar-refractivity contribution in [3.05, 3.63) is 78.5 Å². The van der Waals surface area contributed by atoms with E-state index in [-0.39, 0.29) is 6.10 Å². The smallest absolute Gasteiger partial charge is 0.145 e. The predicted molar refractivity (Wildman–Crippen MR) is 145 cm³/mol. The van der Waals surface area contributed by atoms with E-state index in [1.54, 1.807) is 46.2 Å². The van der Waals surface area contributed by atoms with Gasteiger partial charge in [0.1, 0.15) is 29.6 Å². The van der Waals surface area contributed by atoms with Crippen LogP contribution in [0.25, 0.3) is 22.6 Å². The van der Waals surface area contributed by atoms with Gasteiger partial charge >= 0.3 is 0 Å². The molecule has 0 aliphatic carbocycles. The first-order chi connectivity index (χ1) is 18.1. The summed E-state index contributed by atoms with van der Waals surface area (Å²) in [6.45, 7) is 1.47. The van der Waals surface area contributed by atoms with Gasteiger partial charge in [-0.15, -0.1) is 0 Å². The standard InChI is InChI=1S/C27H31N7O3/c1-29-14-21(12-28)20-6-4-19(5-7-20)13-30-26-11-24(32-18-33-26)25-15-31-27-10-22(8-9-34(25)27)37-23(16-35-2)17-36-3/h4-12,14-15,18,23H,13,16-17,28H2,1-3H3,(H,30,32,33). The van der Waals surface area contributed by atoms with Gasteiger partial charge in [-0.05, 0) is 17.2 Å². The average molecular weight is 502 g/mol. The minimum absolute atomic E-state index is 0.206. The summed E-state index contributed by atoms with van der Waals surface area (Å²) in [6.07, 6.45) is 8.32. The van der Waals surface area contributed by atoms with Gasteiger partial charge in [0.2, 0.25) is 0 Å². The van der Waals surface area contributed by atoms with Gasteiger partial charge in [0.15, 0.2) is 0 Å². The minimum Gasteiger partial charge on any atom is -0.485 e. The fourth-order valence-electron chi connectivity index (χ4n) is 3.86. The maximum absolute atomic E-state index is 6.00. The third-order valence-corrected chi connectivity index (χ3v) is 5.63. The van der Waals surface area contributed by atoms with Crippen molar-refractivity contribution in [1.82, 2.24) is 19.4 Å². The number of hydrogen-bond donors (Lipinski definition) is 2. The highest BCUT2D eigenvalue weighted by molar-refractivity contribution is 6.09. The molecule has 0 saturated heterocycles. The molecule has 37 heavy (non-hydrogen) atoms. The molecule has 0 saturated carbocycles. The van der Waals surface area contributed by atoms with Crippen LogP contribution in [-0.2, 0) is 16.0 Å². The number of rotatable bonds is 12. The van der Waals surface area contributed by atoms with Crippen LogP contribution in [0, 0.1) is 0 Å². The van der Waals surface area contributed by atoms with Crippen molar-refractivity contribution >= 4 is 23.3 Å². The molecule has 0 bridgehead atoms. The van der Waals surface area contributed by atoms with Crippen LogP contribution in [0.4, 0.5) is 5.82 Å². The average Bonchev–Trinajstić information content (AvgIpc) is 3.35. The predicted octanol–water partition coefficient (Wildman–Crippen LogP) is 3.44. The van der Waals surface area contributed by atoms with Crippen LogP contribution in [-0.4, -0.2) is 66.2 Å². The molecule has 0 unspecified atom stereocenters. The second kappa shape index (κ2) is 12.6. The zero-order chi connectivity index (χ0) is 26.0. The van der Waals surface area contributed by atoms with Crippen LogP contribution in [0.5, 0.6) is 5.75 Å². The van der Waals surface area contributed by atoms with Crippen LogP contribution in [0.2, 0.25) is 0 Å². The number of pyridine rings is 1. The number of aromatic nitrogens is 4. The Morgan fingerprint density at radius 2 is 1.86 bits per heavy atom. The van der Waals surface area contributed by atoms with E-state index in [0.717, 1.165) is 33.7 Å². The number of aliphatic imine (C=N–C) groups is 1. The minimum atomic E-state index is -0.206. The molecule has 0 aliphatic rings. The highest BCUT2D eigenvalue weighted by Gasteiger charge is 2.13. The van der Waals surface area contributed by atoms with Crippen molar-refractivity contribution in [3.8, 4) is 17.1 Å². The van der Waals surface area contributed by atoms with E-state index in [2.05, 4.69) is 25.3 Å². The quantitative estimate of drug-likeness (QED) is 0.283. The Bertz CT molecular complexity index is 1360. The topological polar surface area (TPSA) is 121 Å². The molecule has 4 aromatic rings. The second-order valence-electron chi connectivity index (χ2n) is 8.23. The lowest BCUT2D eigenvalue weighted by atomic mass is 10.1. The highest BCUT2D eigenvalue weighted by Crippen LogP contribution is 2.24. The first kappa shape index (κ1) is 25.8. The number of nitrogens with one attached hydrogen (secondary N) is 1. The Morgan fingerprint density at radius 1 is 1.08 bits per heavy atom. The molecule has 0 spiro atoms. The van der Waals surface area contributed by atoms with Crippen molar-refractivity contribution in [3.63, 3.8) is 0 Å². The number of benzene rings is 1. The zero-order valence-corrected chi connectivity index (χ0v) is 21.2. The third kappa shape index (κ3) is 6.49. The highest BCUT2D eigenvalue weighted by atomic mass is 16.6. The van der Waals surface area contributed by atoms with Gasteiger partial charge in [0.05, 0.1) is 30.8 Å². The maximum atomic E-state index is 6.00.